The second kappa shape index (κ2) is 4.17. The van der Waals surface area contributed by atoms with E-state index in [1.54, 1.807) is 7.05 Å². The van der Waals surface area contributed by atoms with E-state index < -0.39 is 11.6 Å². The van der Waals surface area contributed by atoms with Crippen molar-refractivity contribution in [3.63, 3.8) is 0 Å². The molecule has 0 aliphatic carbocycles. The molecule has 0 amide bonds. The van der Waals surface area contributed by atoms with Gasteiger partial charge in [0.05, 0.1) is 12.2 Å². The molecule has 1 aromatic carbocycles. The Morgan fingerprint density at radius 1 is 1.43 bits per heavy atom. The molecule has 0 saturated heterocycles. The second-order valence-corrected chi connectivity index (χ2v) is 3.15. The van der Waals surface area contributed by atoms with E-state index in [2.05, 4.69) is 0 Å². The van der Waals surface area contributed by atoms with E-state index >= 15 is 0 Å². The van der Waals surface area contributed by atoms with Crippen LogP contribution >= 0.6 is 0 Å². The van der Waals surface area contributed by atoms with Crippen LogP contribution in [0.1, 0.15) is 6.92 Å². The Labute approximate surface area is 81.1 Å². The normalized spacial score (nSPS) is 10.0. The van der Waals surface area contributed by atoms with E-state index in [4.69, 9.17) is 0 Å². The molecule has 1 aromatic rings. The van der Waals surface area contributed by atoms with Gasteiger partial charge in [0.15, 0.2) is 0 Å². The second-order valence-electron chi connectivity index (χ2n) is 3.15. The topological polar surface area (TPSA) is 20.3 Å². The van der Waals surface area contributed by atoms with Gasteiger partial charge in [-0.3, -0.25) is 4.79 Å². The molecule has 4 heteroatoms. The lowest BCUT2D eigenvalue weighted by molar-refractivity contribution is -0.115. The number of hydrogen-bond acceptors (Lipinski definition) is 2. The van der Waals surface area contributed by atoms with Crippen LogP contribution in [0.3, 0.4) is 0 Å². The van der Waals surface area contributed by atoms with Crippen molar-refractivity contribution in [1.82, 2.24) is 0 Å². The number of hydrogen-bond donors (Lipinski definition) is 0. The highest BCUT2D eigenvalue weighted by Gasteiger charge is 2.09. The lowest BCUT2D eigenvalue weighted by Crippen LogP contribution is -2.24. The maximum Gasteiger partial charge on any atom is 0.149 e. The Hall–Kier alpha value is -1.45. The maximum absolute atomic E-state index is 13.2. The third kappa shape index (κ3) is 2.52. The van der Waals surface area contributed by atoms with Gasteiger partial charge in [-0.2, -0.15) is 0 Å². The predicted octanol–water partition coefficient (Wildman–Crippen LogP) is 1.99. The molecule has 0 N–H and O–H groups in total. The maximum atomic E-state index is 13.2. The molecule has 0 spiro atoms. The molecule has 0 aliphatic heterocycles. The molecular formula is C10H11F2NO. The van der Waals surface area contributed by atoms with Crippen LogP contribution < -0.4 is 4.90 Å². The van der Waals surface area contributed by atoms with Crippen molar-refractivity contribution in [1.29, 1.82) is 0 Å². The number of carbonyl (C=O) groups is 1. The largest absolute Gasteiger partial charge is 0.365 e. The fourth-order valence-corrected chi connectivity index (χ4v) is 1.21. The highest BCUT2D eigenvalue weighted by molar-refractivity contribution is 5.80. The molecule has 0 radical (unpaired) electrons. The molecule has 0 aliphatic rings. The van der Waals surface area contributed by atoms with Gasteiger partial charge in [0, 0.05) is 13.1 Å². The summed E-state index contributed by atoms with van der Waals surface area (Å²) in [5.41, 5.74) is 0.224. The monoisotopic (exact) mass is 199 g/mol. The average Bonchev–Trinajstić information content (AvgIpc) is 2.01. The van der Waals surface area contributed by atoms with Gasteiger partial charge in [-0.15, -0.1) is 0 Å². The van der Waals surface area contributed by atoms with Crippen LogP contribution in [-0.2, 0) is 4.79 Å². The van der Waals surface area contributed by atoms with Gasteiger partial charge in [-0.1, -0.05) is 0 Å². The predicted molar refractivity (Wildman–Crippen MR) is 50.3 cm³/mol. The SMILES string of the molecule is CC(=O)CN(C)c1ccc(F)cc1F. The number of rotatable bonds is 3. The Balaban J connectivity index is 2.90. The zero-order chi connectivity index (χ0) is 10.7. The number of nitrogens with zero attached hydrogens (tertiary/aromatic N) is 1. The van der Waals surface area contributed by atoms with Crippen molar-refractivity contribution in [3.8, 4) is 0 Å². The number of benzene rings is 1. The molecular weight excluding hydrogens is 188 g/mol. The summed E-state index contributed by atoms with van der Waals surface area (Å²) in [4.78, 5) is 12.2. The molecule has 0 fully saturated rings. The summed E-state index contributed by atoms with van der Waals surface area (Å²) < 4.78 is 25.7. The third-order valence-corrected chi connectivity index (χ3v) is 1.78. The van der Waals surface area contributed by atoms with E-state index in [9.17, 15) is 13.6 Å². The van der Waals surface area contributed by atoms with Gasteiger partial charge in [-0.25, -0.2) is 8.78 Å². The first kappa shape index (κ1) is 10.6. The summed E-state index contributed by atoms with van der Waals surface area (Å²) in [6, 6.07) is 3.27. The van der Waals surface area contributed by atoms with Crippen LogP contribution in [-0.4, -0.2) is 19.4 Å². The van der Waals surface area contributed by atoms with Crippen LogP contribution in [0.25, 0.3) is 0 Å². The Morgan fingerprint density at radius 2 is 2.07 bits per heavy atom. The van der Waals surface area contributed by atoms with E-state index in [-0.39, 0.29) is 18.0 Å². The molecule has 14 heavy (non-hydrogen) atoms. The van der Waals surface area contributed by atoms with Crippen LogP contribution in [0.4, 0.5) is 14.5 Å². The minimum absolute atomic E-state index is 0.0729. The van der Waals surface area contributed by atoms with Crippen molar-refractivity contribution in [2.45, 2.75) is 6.92 Å². The molecule has 0 saturated carbocycles. The average molecular weight is 199 g/mol. The lowest BCUT2D eigenvalue weighted by Gasteiger charge is -2.17. The molecule has 0 aromatic heterocycles. The number of halogens is 2. The number of carbonyl (C=O) groups excluding carboxylic acids is 1. The van der Waals surface area contributed by atoms with Crippen molar-refractivity contribution in [3.05, 3.63) is 29.8 Å². The van der Waals surface area contributed by atoms with Crippen LogP contribution in [0, 0.1) is 11.6 Å². The van der Waals surface area contributed by atoms with Crippen LogP contribution in [0.2, 0.25) is 0 Å². The number of ketones is 1. The number of Topliss-reactive ketones (excluding diaryl/α,β-unsaturated/α-hetero) is 1. The first-order chi connectivity index (χ1) is 6.50. The quantitative estimate of drug-likeness (QED) is 0.742. The summed E-state index contributed by atoms with van der Waals surface area (Å²) in [7, 11) is 1.58. The van der Waals surface area contributed by atoms with E-state index in [0.717, 1.165) is 12.1 Å². The molecule has 2 nitrogen and oxygen atoms in total. The summed E-state index contributed by atoms with van der Waals surface area (Å²) in [6.45, 7) is 1.53. The standard InChI is InChI=1S/C10H11F2NO/c1-7(14)6-13(2)10-4-3-8(11)5-9(10)12/h3-5H,6H2,1-2H3. The summed E-state index contributed by atoms with van der Waals surface area (Å²) >= 11 is 0. The summed E-state index contributed by atoms with van der Waals surface area (Å²) in [5, 5.41) is 0. The van der Waals surface area contributed by atoms with Crippen molar-refractivity contribution >= 4 is 11.5 Å². The number of anilines is 1. The fraction of sp³-hybridized carbons (Fsp3) is 0.300. The van der Waals surface area contributed by atoms with E-state index in [1.807, 2.05) is 0 Å². The van der Waals surface area contributed by atoms with E-state index in [1.165, 1.54) is 17.9 Å². The van der Waals surface area contributed by atoms with Gasteiger partial charge >= 0.3 is 0 Å². The smallest absolute Gasteiger partial charge is 0.149 e. The molecule has 76 valence electrons. The summed E-state index contributed by atoms with van der Waals surface area (Å²) in [5.74, 6) is -1.35. The molecule has 1 rings (SSSR count). The lowest BCUT2D eigenvalue weighted by atomic mass is 10.2. The summed E-state index contributed by atoms with van der Waals surface area (Å²) in [6.07, 6.45) is 0. The van der Waals surface area contributed by atoms with Crippen molar-refractivity contribution in [2.24, 2.45) is 0 Å². The molecule has 0 atom stereocenters. The zero-order valence-electron chi connectivity index (χ0n) is 8.05. The highest BCUT2D eigenvalue weighted by atomic mass is 19.1. The minimum Gasteiger partial charge on any atom is -0.365 e. The Bertz CT molecular complexity index is 352. The van der Waals surface area contributed by atoms with Crippen molar-refractivity contribution < 1.29 is 13.6 Å². The third-order valence-electron chi connectivity index (χ3n) is 1.78. The van der Waals surface area contributed by atoms with Gasteiger partial charge in [0.2, 0.25) is 0 Å². The fourth-order valence-electron chi connectivity index (χ4n) is 1.21. The van der Waals surface area contributed by atoms with E-state index in [0.29, 0.717) is 0 Å². The first-order valence-corrected chi connectivity index (χ1v) is 4.16. The molecule has 0 unspecified atom stereocenters. The van der Waals surface area contributed by atoms with Gasteiger partial charge in [0.1, 0.15) is 17.4 Å². The molecule has 0 bridgehead atoms. The van der Waals surface area contributed by atoms with Crippen LogP contribution in [0.5, 0.6) is 0 Å². The van der Waals surface area contributed by atoms with Gasteiger partial charge in [0.25, 0.3) is 0 Å². The van der Waals surface area contributed by atoms with Gasteiger partial charge < -0.3 is 4.90 Å². The first-order valence-electron chi connectivity index (χ1n) is 4.16. The zero-order valence-corrected chi connectivity index (χ0v) is 8.05. The highest BCUT2D eigenvalue weighted by Crippen LogP contribution is 2.18. The minimum atomic E-state index is -0.659. The van der Waals surface area contributed by atoms with Crippen molar-refractivity contribution in [2.75, 3.05) is 18.5 Å². The Morgan fingerprint density at radius 3 is 2.57 bits per heavy atom. The van der Waals surface area contributed by atoms with Crippen LogP contribution in [0.15, 0.2) is 18.2 Å². The van der Waals surface area contributed by atoms with Gasteiger partial charge in [-0.05, 0) is 19.1 Å². The number of likely N-dealkylation sites (N-methyl/N-ethyl adjacent to an activating group) is 1. The Kier molecular flexibility index (Phi) is 3.17. The molecule has 0 heterocycles.